The van der Waals surface area contributed by atoms with Crippen molar-refractivity contribution < 1.29 is 13.2 Å². The number of rotatable bonds is 3. The third kappa shape index (κ3) is 3.50. The van der Waals surface area contributed by atoms with E-state index in [1.165, 1.54) is 12.1 Å². The molecule has 0 nitrogen and oxygen atoms in total. The number of benzene rings is 2. The minimum absolute atomic E-state index is 0.614. The van der Waals surface area contributed by atoms with Crippen molar-refractivity contribution >= 4 is 11.6 Å². The molecule has 0 bridgehead atoms. The van der Waals surface area contributed by atoms with Crippen molar-refractivity contribution in [3.05, 3.63) is 71.3 Å². The predicted octanol–water partition coefficient (Wildman–Crippen LogP) is 5.66. The molecule has 0 spiro atoms. The molecular formula is C17H15F3. The minimum Gasteiger partial charge on any atom is -0.166 e. The Bertz CT molecular complexity index is 578. The van der Waals surface area contributed by atoms with E-state index in [2.05, 4.69) is 0 Å². The molecule has 0 fully saturated rings. The largest absolute Gasteiger partial charge is 0.416 e. The molecule has 0 atom stereocenters. The highest BCUT2D eigenvalue weighted by Crippen LogP contribution is 2.30. The van der Waals surface area contributed by atoms with Gasteiger partial charge in [-0.3, -0.25) is 0 Å². The Labute approximate surface area is 116 Å². The summed E-state index contributed by atoms with van der Waals surface area (Å²) in [6.45, 7) is 1.99. The van der Waals surface area contributed by atoms with Gasteiger partial charge in [0.25, 0.3) is 0 Å². The van der Waals surface area contributed by atoms with Crippen LogP contribution in [0.5, 0.6) is 0 Å². The molecule has 0 N–H and O–H groups in total. The number of allylic oxidation sites excluding steroid dienone is 1. The average molecular weight is 276 g/mol. The molecule has 0 aromatic heterocycles. The van der Waals surface area contributed by atoms with E-state index in [0.717, 1.165) is 35.3 Å². The smallest absolute Gasteiger partial charge is 0.166 e. The van der Waals surface area contributed by atoms with Crippen molar-refractivity contribution in [1.29, 1.82) is 0 Å². The van der Waals surface area contributed by atoms with E-state index in [4.69, 9.17) is 0 Å². The second-order valence-electron chi connectivity index (χ2n) is 4.51. The second-order valence-corrected chi connectivity index (χ2v) is 4.51. The Morgan fingerprint density at radius 2 is 1.55 bits per heavy atom. The van der Waals surface area contributed by atoms with Crippen LogP contribution in [-0.4, -0.2) is 0 Å². The van der Waals surface area contributed by atoms with Gasteiger partial charge in [-0.25, -0.2) is 0 Å². The zero-order valence-corrected chi connectivity index (χ0v) is 11.1. The van der Waals surface area contributed by atoms with Gasteiger partial charge in [-0.2, -0.15) is 13.2 Å². The van der Waals surface area contributed by atoms with Crippen LogP contribution < -0.4 is 0 Å². The van der Waals surface area contributed by atoms with E-state index in [-0.39, 0.29) is 0 Å². The first-order chi connectivity index (χ1) is 9.50. The summed E-state index contributed by atoms with van der Waals surface area (Å²) < 4.78 is 37.6. The third-order valence-electron chi connectivity index (χ3n) is 3.10. The van der Waals surface area contributed by atoms with Gasteiger partial charge in [-0.15, -0.1) is 0 Å². The maximum atomic E-state index is 12.5. The average Bonchev–Trinajstić information content (AvgIpc) is 2.45. The van der Waals surface area contributed by atoms with E-state index in [1.807, 2.05) is 43.3 Å². The van der Waals surface area contributed by atoms with E-state index < -0.39 is 11.7 Å². The van der Waals surface area contributed by atoms with Gasteiger partial charge >= 0.3 is 6.18 Å². The summed E-state index contributed by atoms with van der Waals surface area (Å²) in [5.41, 5.74) is 2.27. The van der Waals surface area contributed by atoms with Gasteiger partial charge in [0, 0.05) is 0 Å². The summed E-state index contributed by atoms with van der Waals surface area (Å²) in [5, 5.41) is 0. The van der Waals surface area contributed by atoms with Crippen LogP contribution >= 0.6 is 0 Å². The van der Waals surface area contributed by atoms with Crippen molar-refractivity contribution in [2.75, 3.05) is 0 Å². The monoisotopic (exact) mass is 276 g/mol. The van der Waals surface area contributed by atoms with E-state index in [0.29, 0.717) is 0 Å². The van der Waals surface area contributed by atoms with Crippen LogP contribution in [0.4, 0.5) is 13.2 Å². The molecule has 0 unspecified atom stereocenters. The number of hydrogen-bond donors (Lipinski definition) is 0. The quantitative estimate of drug-likeness (QED) is 0.635. The highest BCUT2D eigenvalue weighted by molar-refractivity contribution is 5.81. The van der Waals surface area contributed by atoms with E-state index in [1.54, 1.807) is 0 Å². The van der Waals surface area contributed by atoms with Crippen molar-refractivity contribution in [3.8, 4) is 0 Å². The lowest BCUT2D eigenvalue weighted by Crippen LogP contribution is -2.04. The molecule has 0 saturated carbocycles. The lowest BCUT2D eigenvalue weighted by atomic mass is 9.99. The van der Waals surface area contributed by atoms with Crippen LogP contribution in [0.2, 0.25) is 0 Å². The first kappa shape index (κ1) is 14.4. The molecule has 0 amide bonds. The van der Waals surface area contributed by atoms with Gasteiger partial charge < -0.3 is 0 Å². The fourth-order valence-corrected chi connectivity index (χ4v) is 2.01. The molecule has 2 aromatic rings. The van der Waals surface area contributed by atoms with Crippen LogP contribution in [0.25, 0.3) is 11.6 Å². The van der Waals surface area contributed by atoms with E-state index in [9.17, 15) is 13.2 Å². The van der Waals surface area contributed by atoms with Crippen LogP contribution in [0.3, 0.4) is 0 Å². The first-order valence-corrected chi connectivity index (χ1v) is 6.44. The normalized spacial score (nSPS) is 12.5. The molecule has 2 aromatic carbocycles. The molecule has 0 saturated heterocycles. The maximum absolute atomic E-state index is 12.5. The fraction of sp³-hybridized carbons (Fsp3) is 0.176. The van der Waals surface area contributed by atoms with Gasteiger partial charge in [0.2, 0.25) is 0 Å². The zero-order chi connectivity index (χ0) is 14.6. The molecular weight excluding hydrogens is 261 g/mol. The maximum Gasteiger partial charge on any atom is 0.416 e. The molecule has 3 heteroatoms. The summed E-state index contributed by atoms with van der Waals surface area (Å²) >= 11 is 0. The third-order valence-corrected chi connectivity index (χ3v) is 3.10. The van der Waals surface area contributed by atoms with Crippen LogP contribution in [0.1, 0.15) is 30.0 Å². The summed E-state index contributed by atoms with van der Waals surface area (Å²) in [6.07, 6.45) is -1.52. The predicted molar refractivity (Wildman–Crippen MR) is 76.0 cm³/mol. The van der Waals surface area contributed by atoms with Crippen molar-refractivity contribution in [2.24, 2.45) is 0 Å². The molecule has 2 rings (SSSR count). The lowest BCUT2D eigenvalue weighted by Gasteiger charge is -2.09. The Morgan fingerprint density at radius 1 is 0.950 bits per heavy atom. The zero-order valence-electron chi connectivity index (χ0n) is 11.1. The summed E-state index contributed by atoms with van der Waals surface area (Å²) in [6, 6.07) is 15.1. The fourth-order valence-electron chi connectivity index (χ4n) is 2.01. The highest BCUT2D eigenvalue weighted by atomic mass is 19.4. The summed E-state index contributed by atoms with van der Waals surface area (Å²) in [5.74, 6) is 0. The number of hydrogen-bond acceptors (Lipinski definition) is 0. The van der Waals surface area contributed by atoms with Gasteiger partial charge in [0.15, 0.2) is 0 Å². The van der Waals surface area contributed by atoms with Gasteiger partial charge in [0.05, 0.1) is 5.56 Å². The summed E-state index contributed by atoms with van der Waals surface area (Å²) in [7, 11) is 0. The van der Waals surface area contributed by atoms with Crippen LogP contribution in [0.15, 0.2) is 54.6 Å². The Balaban J connectivity index is 2.31. The number of alkyl halides is 3. The first-order valence-electron chi connectivity index (χ1n) is 6.44. The topological polar surface area (TPSA) is 0 Å². The molecule has 104 valence electrons. The Morgan fingerprint density at radius 3 is 2.05 bits per heavy atom. The molecule has 0 aliphatic carbocycles. The van der Waals surface area contributed by atoms with Gasteiger partial charge in [-0.1, -0.05) is 55.5 Å². The molecule has 0 heterocycles. The van der Waals surface area contributed by atoms with Crippen LogP contribution in [-0.2, 0) is 6.18 Å². The second kappa shape index (κ2) is 5.95. The SMILES string of the molecule is CC/C(=C/c1ccccc1)c1ccc(C(F)(F)F)cc1. The Hall–Kier alpha value is -2.03. The Kier molecular flexibility index (Phi) is 4.28. The summed E-state index contributed by atoms with van der Waals surface area (Å²) in [4.78, 5) is 0. The van der Waals surface area contributed by atoms with Crippen molar-refractivity contribution in [3.63, 3.8) is 0 Å². The number of halogens is 3. The minimum atomic E-state index is -4.28. The van der Waals surface area contributed by atoms with Gasteiger partial charge in [0.1, 0.15) is 0 Å². The lowest BCUT2D eigenvalue weighted by molar-refractivity contribution is -0.137. The van der Waals surface area contributed by atoms with E-state index >= 15 is 0 Å². The molecule has 0 aliphatic rings. The van der Waals surface area contributed by atoms with Crippen molar-refractivity contribution in [1.82, 2.24) is 0 Å². The van der Waals surface area contributed by atoms with Crippen LogP contribution in [0, 0.1) is 0 Å². The molecule has 0 radical (unpaired) electrons. The van der Waals surface area contributed by atoms with Gasteiger partial charge in [-0.05, 0) is 35.3 Å². The molecule has 20 heavy (non-hydrogen) atoms. The highest BCUT2D eigenvalue weighted by Gasteiger charge is 2.29. The van der Waals surface area contributed by atoms with Crippen molar-refractivity contribution in [2.45, 2.75) is 19.5 Å². The standard InChI is InChI=1S/C17H15F3/c1-2-14(12-13-6-4-3-5-7-13)15-8-10-16(11-9-15)17(18,19)20/h3-12H,2H2,1H3/b14-12-. The molecule has 0 aliphatic heterocycles.